The van der Waals surface area contributed by atoms with Gasteiger partial charge in [0.05, 0.1) is 20.8 Å². The molecule has 0 fully saturated rings. The summed E-state index contributed by atoms with van der Waals surface area (Å²) in [6.45, 7) is 1.83. The maximum Gasteiger partial charge on any atom is 0.160 e. The van der Waals surface area contributed by atoms with Gasteiger partial charge in [0.1, 0.15) is 11.4 Å². The van der Waals surface area contributed by atoms with Crippen molar-refractivity contribution in [1.82, 2.24) is 20.3 Å². The van der Waals surface area contributed by atoms with Gasteiger partial charge in [0.25, 0.3) is 0 Å². The first kappa shape index (κ1) is 24.1. The van der Waals surface area contributed by atoms with Gasteiger partial charge in [-0.2, -0.15) is 15.0 Å². The number of halogens is 2. The molecule has 6 nitrogen and oxygen atoms in total. The zero-order valence-electron chi connectivity index (χ0n) is 19.1. The molecule has 0 radical (unpaired) electrons. The summed E-state index contributed by atoms with van der Waals surface area (Å²) in [5, 5.41) is 14.2. The van der Waals surface area contributed by atoms with Gasteiger partial charge in [-0.05, 0) is 48.4 Å². The quantitative estimate of drug-likeness (QED) is 0.287. The van der Waals surface area contributed by atoms with Crippen molar-refractivity contribution in [2.45, 2.75) is 19.5 Å². The fourth-order valence-electron chi connectivity index (χ4n) is 3.67. The smallest absolute Gasteiger partial charge is 0.160 e. The van der Waals surface area contributed by atoms with E-state index in [0.717, 1.165) is 52.5 Å². The highest BCUT2D eigenvalue weighted by Crippen LogP contribution is 2.28. The first-order valence-corrected chi connectivity index (χ1v) is 11.7. The van der Waals surface area contributed by atoms with Gasteiger partial charge in [-0.1, -0.05) is 65.7 Å². The molecule has 1 heterocycles. The fraction of sp³-hybridized carbons (Fsp3) is 0.231. The molecule has 4 rings (SSSR count). The van der Waals surface area contributed by atoms with Crippen molar-refractivity contribution in [1.29, 1.82) is 0 Å². The summed E-state index contributed by atoms with van der Waals surface area (Å²) < 4.78 is 10.7. The zero-order chi connectivity index (χ0) is 23.9. The standard InChI is InChI=1S/C26H26Cl2N4O2/c1-33-24-11-8-18(14-25(24)34-2)12-13-29-16-23-26(19-6-4-3-5-7-19)31-32(30-23)17-20-9-10-21(27)15-22(20)28/h3-11,14-15,29H,12-13,16-17H2,1-2H3. The van der Waals surface area contributed by atoms with Gasteiger partial charge in [0.15, 0.2) is 11.5 Å². The number of hydrogen-bond acceptors (Lipinski definition) is 5. The molecular formula is C26H26Cl2N4O2. The second-order valence-corrected chi connectivity index (χ2v) is 8.59. The minimum atomic E-state index is 0.460. The monoisotopic (exact) mass is 496 g/mol. The van der Waals surface area contributed by atoms with Crippen molar-refractivity contribution in [2.24, 2.45) is 0 Å². The van der Waals surface area contributed by atoms with Crippen molar-refractivity contribution < 1.29 is 9.47 Å². The molecule has 8 heteroatoms. The second-order valence-electron chi connectivity index (χ2n) is 7.74. The molecule has 0 atom stereocenters. The lowest BCUT2D eigenvalue weighted by Gasteiger charge is -2.10. The van der Waals surface area contributed by atoms with E-state index in [9.17, 15) is 0 Å². The number of benzene rings is 3. The summed E-state index contributed by atoms with van der Waals surface area (Å²) >= 11 is 12.4. The fourth-order valence-corrected chi connectivity index (χ4v) is 4.14. The van der Waals surface area contributed by atoms with E-state index in [4.69, 9.17) is 42.9 Å². The zero-order valence-corrected chi connectivity index (χ0v) is 20.6. The number of hydrogen-bond donors (Lipinski definition) is 1. The normalized spacial score (nSPS) is 10.9. The SMILES string of the molecule is COc1ccc(CCNCc2nn(Cc3ccc(Cl)cc3Cl)nc2-c2ccccc2)cc1OC. The number of aromatic nitrogens is 3. The molecule has 0 amide bonds. The van der Waals surface area contributed by atoms with Crippen LogP contribution in [-0.4, -0.2) is 35.8 Å². The lowest BCUT2D eigenvalue weighted by molar-refractivity contribution is 0.354. The number of nitrogens with one attached hydrogen (secondary N) is 1. The molecule has 1 N–H and O–H groups in total. The minimum Gasteiger partial charge on any atom is -0.493 e. The summed E-state index contributed by atoms with van der Waals surface area (Å²) in [5.41, 5.74) is 4.82. The van der Waals surface area contributed by atoms with Gasteiger partial charge in [0, 0.05) is 22.2 Å². The van der Waals surface area contributed by atoms with Crippen LogP contribution in [-0.2, 0) is 19.5 Å². The van der Waals surface area contributed by atoms with Crippen molar-refractivity contribution >= 4 is 23.2 Å². The molecule has 0 aliphatic carbocycles. The Kier molecular flexibility index (Phi) is 8.06. The summed E-state index contributed by atoms with van der Waals surface area (Å²) in [6.07, 6.45) is 0.843. The summed E-state index contributed by atoms with van der Waals surface area (Å²) in [7, 11) is 3.28. The molecule has 0 saturated heterocycles. The van der Waals surface area contributed by atoms with E-state index < -0.39 is 0 Å². The highest BCUT2D eigenvalue weighted by atomic mass is 35.5. The molecule has 0 spiro atoms. The average molecular weight is 497 g/mol. The molecule has 34 heavy (non-hydrogen) atoms. The van der Waals surface area contributed by atoms with Gasteiger partial charge in [-0.3, -0.25) is 0 Å². The highest BCUT2D eigenvalue weighted by Gasteiger charge is 2.14. The molecule has 0 saturated carbocycles. The second kappa shape index (κ2) is 11.4. The van der Waals surface area contributed by atoms with Crippen LogP contribution in [0.1, 0.15) is 16.8 Å². The van der Waals surface area contributed by atoms with E-state index in [-0.39, 0.29) is 0 Å². The van der Waals surface area contributed by atoms with Crippen LogP contribution in [0.2, 0.25) is 10.0 Å². The van der Waals surface area contributed by atoms with E-state index in [1.807, 2.05) is 60.7 Å². The third-order valence-corrected chi connectivity index (χ3v) is 6.02. The molecule has 176 valence electrons. The number of rotatable bonds is 10. The maximum absolute atomic E-state index is 6.36. The molecule has 1 aromatic heterocycles. The van der Waals surface area contributed by atoms with Gasteiger partial charge in [0.2, 0.25) is 0 Å². The van der Waals surface area contributed by atoms with Crippen LogP contribution in [0, 0.1) is 0 Å². The van der Waals surface area contributed by atoms with E-state index in [2.05, 4.69) is 5.32 Å². The highest BCUT2D eigenvalue weighted by molar-refractivity contribution is 6.35. The van der Waals surface area contributed by atoms with Crippen LogP contribution in [0.3, 0.4) is 0 Å². The Morgan fingerprint density at radius 2 is 1.68 bits per heavy atom. The van der Waals surface area contributed by atoms with Crippen LogP contribution in [0.25, 0.3) is 11.3 Å². The molecule has 0 aliphatic heterocycles. The number of nitrogens with zero attached hydrogens (tertiary/aromatic N) is 3. The Hall–Kier alpha value is -3.06. The van der Waals surface area contributed by atoms with Crippen molar-refractivity contribution in [3.63, 3.8) is 0 Å². The van der Waals surface area contributed by atoms with E-state index in [1.165, 1.54) is 0 Å². The van der Waals surface area contributed by atoms with E-state index >= 15 is 0 Å². The van der Waals surface area contributed by atoms with Crippen molar-refractivity contribution in [3.8, 4) is 22.8 Å². The minimum absolute atomic E-state index is 0.460. The lowest BCUT2D eigenvalue weighted by atomic mass is 10.1. The molecule has 4 aromatic rings. The summed E-state index contributed by atoms with van der Waals surface area (Å²) in [4.78, 5) is 1.68. The Morgan fingerprint density at radius 1 is 0.882 bits per heavy atom. The predicted molar refractivity (Wildman–Crippen MR) is 136 cm³/mol. The molecule has 3 aromatic carbocycles. The molecule has 0 bridgehead atoms. The third-order valence-electron chi connectivity index (χ3n) is 5.43. The van der Waals surface area contributed by atoms with Gasteiger partial charge >= 0.3 is 0 Å². The Balaban J connectivity index is 1.47. The van der Waals surface area contributed by atoms with Crippen molar-refractivity contribution in [2.75, 3.05) is 20.8 Å². The predicted octanol–water partition coefficient (Wildman–Crippen LogP) is 5.65. The third kappa shape index (κ3) is 5.89. The Bertz CT molecular complexity index is 1250. The largest absolute Gasteiger partial charge is 0.493 e. The van der Waals surface area contributed by atoms with Gasteiger partial charge in [-0.15, -0.1) is 0 Å². The van der Waals surface area contributed by atoms with Gasteiger partial charge < -0.3 is 14.8 Å². The lowest BCUT2D eigenvalue weighted by Crippen LogP contribution is -2.17. The topological polar surface area (TPSA) is 61.2 Å². The van der Waals surface area contributed by atoms with Crippen LogP contribution < -0.4 is 14.8 Å². The Labute approximate surface area is 209 Å². The maximum atomic E-state index is 6.36. The van der Waals surface area contributed by atoms with E-state index in [0.29, 0.717) is 23.1 Å². The summed E-state index contributed by atoms with van der Waals surface area (Å²) in [6, 6.07) is 21.5. The molecule has 0 unspecified atom stereocenters. The number of methoxy groups -OCH3 is 2. The van der Waals surface area contributed by atoms with Crippen LogP contribution in [0.4, 0.5) is 0 Å². The molecular weight excluding hydrogens is 471 g/mol. The first-order valence-electron chi connectivity index (χ1n) is 10.9. The van der Waals surface area contributed by atoms with Crippen molar-refractivity contribution in [3.05, 3.63) is 93.6 Å². The van der Waals surface area contributed by atoms with Crippen LogP contribution in [0.5, 0.6) is 11.5 Å². The Morgan fingerprint density at radius 3 is 2.41 bits per heavy atom. The first-order chi connectivity index (χ1) is 16.6. The number of ether oxygens (including phenoxy) is 2. The summed E-state index contributed by atoms with van der Waals surface area (Å²) in [5.74, 6) is 1.46. The van der Waals surface area contributed by atoms with Gasteiger partial charge in [-0.25, -0.2) is 0 Å². The average Bonchev–Trinajstić information content (AvgIpc) is 3.26. The molecule has 0 aliphatic rings. The van der Waals surface area contributed by atoms with Crippen LogP contribution in [0.15, 0.2) is 66.7 Å². The van der Waals surface area contributed by atoms with Crippen LogP contribution >= 0.6 is 23.2 Å². The van der Waals surface area contributed by atoms with E-state index in [1.54, 1.807) is 25.1 Å².